The minimum Gasteiger partial charge on any atom is -0.508 e. The van der Waals surface area contributed by atoms with Crippen molar-refractivity contribution < 1.29 is 9.90 Å². The lowest BCUT2D eigenvalue weighted by Crippen LogP contribution is -2.29. The average Bonchev–Trinajstić information content (AvgIpc) is 3.09. The van der Waals surface area contributed by atoms with E-state index >= 15 is 0 Å². The molecule has 3 N–H and O–H groups in total. The average molecular weight is 376 g/mol. The molecule has 1 aromatic heterocycles. The number of carbonyl (C=O) groups excluding carboxylic acids is 1. The molecule has 0 aliphatic carbocycles. The van der Waals surface area contributed by atoms with E-state index in [9.17, 15) is 9.90 Å². The summed E-state index contributed by atoms with van der Waals surface area (Å²) in [5, 5.41) is 12.3. The van der Waals surface area contributed by atoms with Gasteiger partial charge < -0.3 is 15.4 Å². The number of likely N-dealkylation sites (tertiary alicyclic amines) is 1. The van der Waals surface area contributed by atoms with Gasteiger partial charge in [0.15, 0.2) is 0 Å². The number of nitrogens with zero attached hydrogens (tertiary/aromatic N) is 2. The number of benzene rings is 2. The van der Waals surface area contributed by atoms with Crippen molar-refractivity contribution in [1.82, 2.24) is 14.9 Å². The minimum absolute atomic E-state index is 0.174. The van der Waals surface area contributed by atoms with Crippen LogP contribution in [0.25, 0.3) is 17.1 Å². The number of imidazole rings is 1. The van der Waals surface area contributed by atoms with Crippen molar-refractivity contribution in [3.8, 4) is 5.75 Å². The molecule has 0 spiro atoms. The number of H-pyrrole nitrogens is 1. The van der Waals surface area contributed by atoms with Gasteiger partial charge in [0, 0.05) is 11.8 Å². The number of anilines is 1. The molecule has 1 aliphatic heterocycles. The van der Waals surface area contributed by atoms with Gasteiger partial charge in [-0.05, 0) is 67.9 Å². The summed E-state index contributed by atoms with van der Waals surface area (Å²) in [5.74, 6) is 0.910. The third-order valence-electron chi connectivity index (χ3n) is 4.92. The maximum atomic E-state index is 12.2. The Labute approximate surface area is 163 Å². The summed E-state index contributed by atoms with van der Waals surface area (Å²) >= 11 is 0. The fourth-order valence-electron chi connectivity index (χ4n) is 3.53. The summed E-state index contributed by atoms with van der Waals surface area (Å²) < 4.78 is 0. The van der Waals surface area contributed by atoms with Crippen molar-refractivity contribution in [3.63, 3.8) is 0 Å². The predicted octanol–water partition coefficient (Wildman–Crippen LogP) is 3.91. The van der Waals surface area contributed by atoms with Crippen LogP contribution in [0.3, 0.4) is 0 Å². The van der Waals surface area contributed by atoms with Gasteiger partial charge in [0.2, 0.25) is 5.91 Å². The monoisotopic (exact) mass is 376 g/mol. The van der Waals surface area contributed by atoms with Crippen molar-refractivity contribution in [3.05, 3.63) is 59.9 Å². The number of fused-ring (bicyclic) bond motifs is 1. The standard InChI is InChI=1S/C22H24N4O2/c27-18-6-4-5-16(13-18)7-10-22(28)23-17-8-9-19-20(14-17)25-21(24-19)15-26-11-2-1-3-12-26/h4-10,13-14,27H,1-3,11-12,15H2,(H,23,28)(H,24,25)/b10-7+. The number of nitrogens with one attached hydrogen (secondary N) is 2. The molecular formula is C22H24N4O2. The van der Waals surface area contributed by atoms with Crippen LogP contribution in [0.1, 0.15) is 30.7 Å². The first kappa shape index (κ1) is 18.3. The van der Waals surface area contributed by atoms with Gasteiger partial charge in [0.1, 0.15) is 11.6 Å². The Morgan fingerprint density at radius 3 is 2.86 bits per heavy atom. The largest absolute Gasteiger partial charge is 0.508 e. The maximum absolute atomic E-state index is 12.2. The first-order valence-electron chi connectivity index (χ1n) is 9.65. The van der Waals surface area contributed by atoms with Gasteiger partial charge in [-0.1, -0.05) is 18.6 Å². The lowest BCUT2D eigenvalue weighted by atomic mass is 10.1. The molecule has 3 aromatic rings. The minimum atomic E-state index is -0.226. The van der Waals surface area contributed by atoms with Crippen molar-refractivity contribution in [2.45, 2.75) is 25.8 Å². The van der Waals surface area contributed by atoms with Gasteiger partial charge in [0.25, 0.3) is 0 Å². The predicted molar refractivity (Wildman–Crippen MR) is 111 cm³/mol. The van der Waals surface area contributed by atoms with E-state index in [4.69, 9.17) is 0 Å². The van der Waals surface area contributed by atoms with Gasteiger partial charge in [0.05, 0.1) is 17.6 Å². The molecule has 1 saturated heterocycles. The van der Waals surface area contributed by atoms with E-state index in [1.54, 1.807) is 24.3 Å². The van der Waals surface area contributed by atoms with Crippen LogP contribution in [-0.2, 0) is 11.3 Å². The lowest BCUT2D eigenvalue weighted by molar-refractivity contribution is -0.111. The van der Waals surface area contributed by atoms with E-state index in [2.05, 4.69) is 20.2 Å². The molecule has 2 heterocycles. The molecule has 28 heavy (non-hydrogen) atoms. The molecule has 1 amide bonds. The maximum Gasteiger partial charge on any atom is 0.248 e. The Hall–Kier alpha value is -3.12. The third kappa shape index (κ3) is 4.58. The van der Waals surface area contributed by atoms with Crippen molar-refractivity contribution >= 4 is 28.7 Å². The zero-order chi connectivity index (χ0) is 19.3. The second kappa shape index (κ2) is 8.27. The molecule has 144 valence electrons. The van der Waals surface area contributed by atoms with Crippen LogP contribution in [0.15, 0.2) is 48.5 Å². The molecule has 0 unspecified atom stereocenters. The molecule has 0 bridgehead atoms. The Morgan fingerprint density at radius 1 is 1.18 bits per heavy atom. The summed E-state index contributed by atoms with van der Waals surface area (Å²) in [4.78, 5) is 22.6. The van der Waals surface area contributed by atoms with E-state index in [0.29, 0.717) is 5.69 Å². The highest BCUT2D eigenvalue weighted by molar-refractivity contribution is 6.02. The fourth-order valence-corrected chi connectivity index (χ4v) is 3.53. The number of carbonyl (C=O) groups is 1. The number of piperidine rings is 1. The van der Waals surface area contributed by atoms with Gasteiger partial charge in [-0.25, -0.2) is 4.98 Å². The SMILES string of the molecule is O=C(/C=C/c1cccc(O)c1)Nc1ccc2nc(CN3CCCCC3)[nH]c2c1. The molecule has 6 nitrogen and oxygen atoms in total. The van der Waals surface area contributed by atoms with Crippen LogP contribution < -0.4 is 5.32 Å². The number of phenolic OH excluding ortho intramolecular Hbond substituents is 1. The smallest absolute Gasteiger partial charge is 0.248 e. The summed E-state index contributed by atoms with van der Waals surface area (Å²) in [6, 6.07) is 12.4. The molecular weight excluding hydrogens is 352 g/mol. The number of hydrogen-bond donors (Lipinski definition) is 3. The molecule has 6 heteroatoms. The van der Waals surface area contributed by atoms with Crippen molar-refractivity contribution in [2.75, 3.05) is 18.4 Å². The second-order valence-corrected chi connectivity index (χ2v) is 7.17. The van der Waals surface area contributed by atoms with E-state index in [1.807, 2.05) is 24.3 Å². The number of phenols is 1. The van der Waals surface area contributed by atoms with E-state index in [1.165, 1.54) is 25.3 Å². The summed E-state index contributed by atoms with van der Waals surface area (Å²) in [6.07, 6.45) is 6.95. The fraction of sp³-hybridized carbons (Fsp3) is 0.273. The zero-order valence-electron chi connectivity index (χ0n) is 15.7. The highest BCUT2D eigenvalue weighted by Gasteiger charge is 2.13. The van der Waals surface area contributed by atoms with E-state index < -0.39 is 0 Å². The topological polar surface area (TPSA) is 81.2 Å². The Balaban J connectivity index is 1.41. The van der Waals surface area contributed by atoms with Gasteiger partial charge in [-0.3, -0.25) is 9.69 Å². The summed E-state index contributed by atoms with van der Waals surface area (Å²) in [5.41, 5.74) is 3.30. The third-order valence-corrected chi connectivity index (χ3v) is 4.92. The van der Waals surface area contributed by atoms with E-state index in [-0.39, 0.29) is 11.7 Å². The molecule has 1 aliphatic rings. The van der Waals surface area contributed by atoms with Crippen LogP contribution in [0, 0.1) is 0 Å². The number of aromatic nitrogens is 2. The van der Waals surface area contributed by atoms with Crippen LogP contribution in [0.2, 0.25) is 0 Å². The number of aromatic amines is 1. The first-order chi connectivity index (χ1) is 13.7. The molecule has 0 atom stereocenters. The van der Waals surface area contributed by atoms with Crippen molar-refractivity contribution in [1.29, 1.82) is 0 Å². The number of rotatable bonds is 5. The number of amides is 1. The van der Waals surface area contributed by atoms with Crippen LogP contribution in [-0.4, -0.2) is 39.0 Å². The highest BCUT2D eigenvalue weighted by Crippen LogP contribution is 2.19. The van der Waals surface area contributed by atoms with Crippen molar-refractivity contribution in [2.24, 2.45) is 0 Å². The molecule has 1 fully saturated rings. The van der Waals surface area contributed by atoms with Crippen LogP contribution >= 0.6 is 0 Å². The van der Waals surface area contributed by atoms with E-state index in [0.717, 1.165) is 42.1 Å². The van der Waals surface area contributed by atoms with Gasteiger partial charge >= 0.3 is 0 Å². The van der Waals surface area contributed by atoms with Gasteiger partial charge in [-0.2, -0.15) is 0 Å². The Morgan fingerprint density at radius 2 is 2.04 bits per heavy atom. The molecule has 2 aromatic carbocycles. The number of hydrogen-bond acceptors (Lipinski definition) is 4. The van der Waals surface area contributed by atoms with Gasteiger partial charge in [-0.15, -0.1) is 0 Å². The first-order valence-corrected chi connectivity index (χ1v) is 9.65. The molecule has 4 rings (SSSR count). The molecule has 0 radical (unpaired) electrons. The Kier molecular flexibility index (Phi) is 5.39. The van der Waals surface area contributed by atoms with Crippen LogP contribution in [0.5, 0.6) is 5.75 Å². The lowest BCUT2D eigenvalue weighted by Gasteiger charge is -2.25. The number of aromatic hydroxyl groups is 1. The molecule has 0 saturated carbocycles. The normalized spacial score (nSPS) is 15.3. The highest BCUT2D eigenvalue weighted by atomic mass is 16.3. The summed E-state index contributed by atoms with van der Waals surface area (Å²) in [6.45, 7) is 3.09. The summed E-state index contributed by atoms with van der Waals surface area (Å²) in [7, 11) is 0. The van der Waals surface area contributed by atoms with Crippen LogP contribution in [0.4, 0.5) is 5.69 Å². The zero-order valence-corrected chi connectivity index (χ0v) is 15.7. The quantitative estimate of drug-likeness (QED) is 0.590. The second-order valence-electron chi connectivity index (χ2n) is 7.17. The Bertz CT molecular complexity index is 1000.